The molecule has 0 aliphatic carbocycles. The number of benzene rings is 1. The van der Waals surface area contributed by atoms with Gasteiger partial charge in [-0.15, -0.1) is 0 Å². The van der Waals surface area contributed by atoms with Crippen molar-refractivity contribution < 1.29 is 14.0 Å². The lowest BCUT2D eigenvalue weighted by Gasteiger charge is -2.47. The average Bonchev–Trinajstić information content (AvgIpc) is 3.16. The molecule has 0 atom stereocenters. The van der Waals surface area contributed by atoms with Crippen LogP contribution in [0.2, 0.25) is 0 Å². The summed E-state index contributed by atoms with van der Waals surface area (Å²) >= 11 is 0. The summed E-state index contributed by atoms with van der Waals surface area (Å²) in [6.45, 7) is 1.82. The van der Waals surface area contributed by atoms with E-state index in [1.165, 1.54) is 5.56 Å². The molecule has 142 valence electrons. The van der Waals surface area contributed by atoms with Crippen molar-refractivity contribution in [3.05, 3.63) is 48.4 Å². The maximum atomic E-state index is 13.1. The Morgan fingerprint density at radius 1 is 1.19 bits per heavy atom. The normalized spacial score (nSPS) is 18.9. The summed E-state index contributed by atoms with van der Waals surface area (Å²) in [4.78, 5) is 31.1. The summed E-state index contributed by atoms with van der Waals surface area (Å²) in [6.07, 6.45) is 5.28. The van der Waals surface area contributed by atoms with Crippen LogP contribution in [0, 0.1) is 0 Å². The summed E-state index contributed by atoms with van der Waals surface area (Å²) in [7, 11) is 3.81. The minimum Gasteiger partial charge on any atom is -0.470 e. The molecule has 0 radical (unpaired) electrons. The monoisotopic (exact) mass is 367 g/mol. The largest absolute Gasteiger partial charge is 0.470 e. The minimum absolute atomic E-state index is 0.0863. The molecule has 2 aromatic rings. The number of piperidine rings is 1. The quantitative estimate of drug-likeness (QED) is 0.837. The number of amides is 2. The Kier molecular flexibility index (Phi) is 4.52. The molecule has 0 saturated carbocycles. The van der Waals surface area contributed by atoms with Gasteiger partial charge in [-0.3, -0.25) is 14.5 Å². The van der Waals surface area contributed by atoms with Crippen molar-refractivity contribution in [3.8, 4) is 0 Å². The molecule has 0 unspecified atom stereocenters. The maximum absolute atomic E-state index is 13.1. The van der Waals surface area contributed by atoms with Crippen LogP contribution >= 0.6 is 0 Å². The van der Waals surface area contributed by atoms with Gasteiger partial charge in [-0.25, -0.2) is 0 Å². The standard InChI is InChI=1S/C21H25N3O3/c1-22(2)14-20(26)23-10-8-21(9-11-23)13-19(25)24(16-7-12-27-15-16)18-6-4-3-5-17(18)21/h3-7,12,15H,8-11,13-14H2,1-2H3. The Morgan fingerprint density at radius 3 is 2.59 bits per heavy atom. The van der Waals surface area contributed by atoms with E-state index in [-0.39, 0.29) is 17.2 Å². The second-order valence-electron chi connectivity index (χ2n) is 7.80. The summed E-state index contributed by atoms with van der Waals surface area (Å²) in [5, 5.41) is 0. The predicted octanol–water partition coefficient (Wildman–Crippen LogP) is 2.77. The molecule has 27 heavy (non-hydrogen) atoms. The van der Waals surface area contributed by atoms with Crippen LogP contribution in [0.1, 0.15) is 24.8 Å². The Balaban J connectivity index is 1.62. The highest BCUT2D eigenvalue weighted by molar-refractivity contribution is 6.04. The van der Waals surface area contributed by atoms with Gasteiger partial charge in [-0.1, -0.05) is 18.2 Å². The zero-order chi connectivity index (χ0) is 19.0. The number of hydrogen-bond donors (Lipinski definition) is 0. The van der Waals surface area contributed by atoms with E-state index in [2.05, 4.69) is 6.07 Å². The van der Waals surface area contributed by atoms with Crippen LogP contribution in [0.3, 0.4) is 0 Å². The van der Waals surface area contributed by atoms with Gasteiger partial charge in [0.25, 0.3) is 0 Å². The molecule has 1 spiro atoms. The van der Waals surface area contributed by atoms with E-state index < -0.39 is 0 Å². The number of likely N-dealkylation sites (tertiary alicyclic amines) is 1. The van der Waals surface area contributed by atoms with Crippen molar-refractivity contribution in [3.63, 3.8) is 0 Å². The third kappa shape index (κ3) is 3.14. The molecule has 0 bridgehead atoms. The number of likely N-dealkylation sites (N-methyl/N-ethyl adjacent to an activating group) is 1. The van der Waals surface area contributed by atoms with Gasteiger partial charge >= 0.3 is 0 Å². The highest BCUT2D eigenvalue weighted by Crippen LogP contribution is 2.48. The molecule has 1 aromatic heterocycles. The van der Waals surface area contributed by atoms with Crippen LogP contribution in [0.4, 0.5) is 11.4 Å². The van der Waals surface area contributed by atoms with Gasteiger partial charge in [0.2, 0.25) is 11.8 Å². The van der Waals surface area contributed by atoms with Gasteiger partial charge in [-0.2, -0.15) is 0 Å². The second kappa shape index (κ2) is 6.85. The number of para-hydroxylation sites is 1. The van der Waals surface area contributed by atoms with E-state index in [9.17, 15) is 9.59 Å². The number of hydrogen-bond acceptors (Lipinski definition) is 4. The number of carbonyl (C=O) groups excluding carboxylic acids is 2. The molecular formula is C21H25N3O3. The van der Waals surface area contributed by atoms with Crippen molar-refractivity contribution >= 4 is 23.2 Å². The Bertz CT molecular complexity index is 836. The molecule has 6 nitrogen and oxygen atoms in total. The van der Waals surface area contributed by atoms with E-state index >= 15 is 0 Å². The fraction of sp³-hybridized carbons (Fsp3) is 0.429. The van der Waals surface area contributed by atoms with E-state index in [4.69, 9.17) is 4.42 Å². The zero-order valence-electron chi connectivity index (χ0n) is 15.9. The van der Waals surface area contributed by atoms with Crippen LogP contribution in [0.25, 0.3) is 0 Å². The first-order valence-electron chi connectivity index (χ1n) is 9.37. The van der Waals surface area contributed by atoms with Gasteiger partial charge in [0.1, 0.15) is 6.26 Å². The van der Waals surface area contributed by atoms with E-state index in [0.717, 1.165) is 24.2 Å². The molecule has 3 heterocycles. The van der Waals surface area contributed by atoms with Crippen LogP contribution in [0.5, 0.6) is 0 Å². The van der Waals surface area contributed by atoms with Gasteiger partial charge in [0, 0.05) is 31.0 Å². The van der Waals surface area contributed by atoms with Crippen LogP contribution in [-0.2, 0) is 15.0 Å². The molecule has 2 amide bonds. The second-order valence-corrected chi connectivity index (χ2v) is 7.80. The molecule has 2 aliphatic heterocycles. The number of furan rings is 1. The van der Waals surface area contributed by atoms with Crippen LogP contribution in [0.15, 0.2) is 47.3 Å². The summed E-state index contributed by atoms with van der Waals surface area (Å²) < 4.78 is 5.20. The SMILES string of the molecule is CN(C)CC(=O)N1CCC2(CC1)CC(=O)N(c1ccoc1)c1ccccc12. The number of fused-ring (bicyclic) bond motifs is 2. The predicted molar refractivity (Wildman–Crippen MR) is 103 cm³/mol. The molecule has 0 N–H and O–H groups in total. The molecule has 1 saturated heterocycles. The minimum atomic E-state index is -0.192. The molecule has 4 rings (SSSR count). The highest BCUT2D eigenvalue weighted by Gasteiger charge is 2.45. The van der Waals surface area contributed by atoms with Crippen LogP contribution < -0.4 is 4.90 Å². The Labute approximate surface area is 159 Å². The first-order valence-corrected chi connectivity index (χ1v) is 9.37. The molecule has 1 fully saturated rings. The van der Waals surface area contributed by atoms with E-state index in [1.807, 2.05) is 48.2 Å². The van der Waals surface area contributed by atoms with Crippen molar-refractivity contribution in [2.24, 2.45) is 0 Å². The van der Waals surface area contributed by atoms with Gasteiger partial charge < -0.3 is 14.2 Å². The fourth-order valence-corrected chi connectivity index (χ4v) is 4.38. The smallest absolute Gasteiger partial charge is 0.236 e. The zero-order valence-corrected chi connectivity index (χ0v) is 15.9. The van der Waals surface area contributed by atoms with Crippen molar-refractivity contribution in [1.82, 2.24) is 9.80 Å². The van der Waals surface area contributed by atoms with E-state index in [0.29, 0.717) is 26.1 Å². The average molecular weight is 367 g/mol. The number of anilines is 2. The number of carbonyl (C=O) groups is 2. The first-order chi connectivity index (χ1) is 13.0. The summed E-state index contributed by atoms with van der Waals surface area (Å²) in [5.41, 5.74) is 2.71. The fourth-order valence-electron chi connectivity index (χ4n) is 4.38. The topological polar surface area (TPSA) is 57.0 Å². The first kappa shape index (κ1) is 17.8. The Morgan fingerprint density at radius 2 is 1.93 bits per heavy atom. The van der Waals surface area contributed by atoms with E-state index in [1.54, 1.807) is 17.4 Å². The Hall–Kier alpha value is -2.60. The number of rotatable bonds is 3. The molecule has 2 aliphatic rings. The van der Waals surface area contributed by atoms with Crippen molar-refractivity contribution in [2.45, 2.75) is 24.7 Å². The summed E-state index contributed by atoms with van der Waals surface area (Å²) in [5.74, 6) is 0.244. The third-order valence-corrected chi connectivity index (χ3v) is 5.74. The van der Waals surface area contributed by atoms with Gasteiger partial charge in [-0.05, 0) is 38.6 Å². The highest BCUT2D eigenvalue weighted by atomic mass is 16.3. The third-order valence-electron chi connectivity index (χ3n) is 5.74. The molecular weight excluding hydrogens is 342 g/mol. The lowest BCUT2D eigenvalue weighted by Crippen LogP contribution is -2.51. The number of nitrogens with zero attached hydrogens (tertiary/aromatic N) is 3. The maximum Gasteiger partial charge on any atom is 0.236 e. The lowest BCUT2D eigenvalue weighted by molar-refractivity contribution is -0.133. The van der Waals surface area contributed by atoms with Gasteiger partial charge in [0.05, 0.1) is 24.2 Å². The van der Waals surface area contributed by atoms with Crippen LogP contribution in [-0.4, -0.2) is 55.3 Å². The molecule has 1 aromatic carbocycles. The van der Waals surface area contributed by atoms with Crippen molar-refractivity contribution in [2.75, 3.05) is 38.6 Å². The van der Waals surface area contributed by atoms with Gasteiger partial charge in [0.15, 0.2) is 0 Å². The summed E-state index contributed by atoms with van der Waals surface area (Å²) in [6, 6.07) is 9.95. The van der Waals surface area contributed by atoms with Crippen molar-refractivity contribution in [1.29, 1.82) is 0 Å². The molecule has 6 heteroatoms. The lowest BCUT2D eigenvalue weighted by atomic mass is 9.67.